The van der Waals surface area contributed by atoms with Crippen LogP contribution >= 0.6 is 0 Å². The van der Waals surface area contributed by atoms with Crippen LogP contribution in [0.25, 0.3) is 11.1 Å². The van der Waals surface area contributed by atoms with Gasteiger partial charge in [-0.15, -0.1) is 0 Å². The van der Waals surface area contributed by atoms with Gasteiger partial charge in [-0.25, -0.2) is 4.39 Å². The topological polar surface area (TPSA) is 25.8 Å². The first-order valence-electron chi connectivity index (χ1n) is 4.10. The monoisotopic (exact) mass is 210 g/mol. The third kappa shape index (κ3) is 1.81. The van der Waals surface area contributed by atoms with E-state index in [0.29, 0.717) is 5.56 Å². The maximum Gasteiger partial charge on any atom is 0.251 e. The zero-order chi connectivity index (χ0) is 10.8. The summed E-state index contributed by atoms with van der Waals surface area (Å²) in [6.45, 7) is 0. The molecule has 0 fully saturated rings. The lowest BCUT2D eigenvalue weighted by Gasteiger charge is -2.02. The summed E-state index contributed by atoms with van der Waals surface area (Å²) in [5.74, 6) is -3.66. The smallest absolute Gasteiger partial charge is 0.251 e. The maximum atomic E-state index is 13.2. The lowest BCUT2D eigenvalue weighted by molar-refractivity contribution is 0.449. The van der Waals surface area contributed by atoms with E-state index in [1.165, 1.54) is 24.5 Å². The van der Waals surface area contributed by atoms with Gasteiger partial charge in [-0.3, -0.25) is 4.98 Å². The molecular weight excluding hydrogens is 205 g/mol. The maximum absolute atomic E-state index is 13.2. The van der Waals surface area contributed by atoms with E-state index in [1.54, 1.807) is 0 Å². The third-order valence-corrected chi connectivity index (χ3v) is 1.88. The summed E-state index contributed by atoms with van der Waals surface area (Å²) in [5.41, 5.74) is 0.310. The molecule has 0 radical (unpaired) electrons. The number of hydrogen-bond donors (Lipinski definition) is 0. The number of pyridine rings is 2. The van der Waals surface area contributed by atoms with Gasteiger partial charge in [0, 0.05) is 18.0 Å². The average Bonchev–Trinajstić information content (AvgIpc) is 2.25. The largest absolute Gasteiger partial charge is 0.265 e. The molecule has 0 aliphatic rings. The van der Waals surface area contributed by atoms with Crippen LogP contribution in [0.15, 0.2) is 30.6 Å². The van der Waals surface area contributed by atoms with Crippen molar-refractivity contribution < 1.29 is 13.2 Å². The molecule has 0 unspecified atom stereocenters. The Morgan fingerprint density at radius 2 is 1.60 bits per heavy atom. The fourth-order valence-corrected chi connectivity index (χ4v) is 1.18. The highest BCUT2D eigenvalue weighted by molar-refractivity contribution is 5.62. The molecule has 76 valence electrons. The van der Waals surface area contributed by atoms with Gasteiger partial charge < -0.3 is 0 Å². The first kappa shape index (κ1) is 9.64. The third-order valence-electron chi connectivity index (χ3n) is 1.88. The van der Waals surface area contributed by atoms with Crippen LogP contribution in [-0.4, -0.2) is 9.97 Å². The predicted octanol–water partition coefficient (Wildman–Crippen LogP) is 2.56. The first-order chi connectivity index (χ1) is 7.18. The van der Waals surface area contributed by atoms with Crippen molar-refractivity contribution in [1.82, 2.24) is 9.97 Å². The second-order valence-corrected chi connectivity index (χ2v) is 2.84. The van der Waals surface area contributed by atoms with E-state index in [1.807, 2.05) is 0 Å². The van der Waals surface area contributed by atoms with Crippen LogP contribution in [-0.2, 0) is 0 Å². The fraction of sp³-hybridized carbons (Fsp3) is 0. The summed E-state index contributed by atoms with van der Waals surface area (Å²) in [6, 6.07) is 3.74. The standard InChI is InChI=1S/C10H5F3N2/c11-8-5-7(9(12)15-10(8)13)6-1-3-14-4-2-6/h1-5H. The van der Waals surface area contributed by atoms with Gasteiger partial charge in [0.2, 0.25) is 5.95 Å². The Morgan fingerprint density at radius 3 is 2.27 bits per heavy atom. The van der Waals surface area contributed by atoms with Gasteiger partial charge >= 0.3 is 0 Å². The molecule has 0 saturated carbocycles. The van der Waals surface area contributed by atoms with Crippen molar-refractivity contribution in [3.05, 3.63) is 48.3 Å². The first-order valence-corrected chi connectivity index (χ1v) is 4.10. The number of hydrogen-bond acceptors (Lipinski definition) is 2. The van der Waals surface area contributed by atoms with E-state index in [2.05, 4.69) is 9.97 Å². The zero-order valence-corrected chi connectivity index (χ0v) is 7.42. The van der Waals surface area contributed by atoms with Crippen LogP contribution in [0.3, 0.4) is 0 Å². The quantitative estimate of drug-likeness (QED) is 0.676. The van der Waals surface area contributed by atoms with Gasteiger partial charge in [-0.1, -0.05) is 0 Å². The van der Waals surface area contributed by atoms with Crippen molar-refractivity contribution in [3.63, 3.8) is 0 Å². The molecule has 5 heteroatoms. The van der Waals surface area contributed by atoms with Gasteiger partial charge in [0.25, 0.3) is 5.95 Å². The molecule has 0 aliphatic carbocycles. The molecule has 0 amide bonds. The minimum atomic E-state index is -1.44. The van der Waals surface area contributed by atoms with Crippen molar-refractivity contribution in [2.75, 3.05) is 0 Å². The zero-order valence-electron chi connectivity index (χ0n) is 7.42. The minimum Gasteiger partial charge on any atom is -0.265 e. The Hall–Kier alpha value is -1.91. The highest BCUT2D eigenvalue weighted by Gasteiger charge is 2.12. The van der Waals surface area contributed by atoms with E-state index in [0.717, 1.165) is 6.07 Å². The number of rotatable bonds is 1. The number of aromatic nitrogens is 2. The lowest BCUT2D eigenvalue weighted by Crippen LogP contribution is -1.96. The van der Waals surface area contributed by atoms with Gasteiger partial charge in [-0.05, 0) is 23.8 Å². The molecule has 0 atom stereocenters. The molecule has 0 aliphatic heterocycles. The molecule has 0 saturated heterocycles. The molecule has 2 rings (SSSR count). The Kier molecular flexibility index (Phi) is 2.37. The molecular formula is C10H5F3N2. The summed E-state index contributed by atoms with van der Waals surface area (Å²) in [4.78, 5) is 6.55. The minimum absolute atomic E-state index is 0.0868. The van der Waals surface area contributed by atoms with E-state index < -0.39 is 17.7 Å². The summed E-state index contributed by atoms with van der Waals surface area (Å²) in [5, 5.41) is 0. The average molecular weight is 210 g/mol. The fourth-order valence-electron chi connectivity index (χ4n) is 1.18. The van der Waals surface area contributed by atoms with E-state index in [9.17, 15) is 13.2 Å². The molecule has 0 N–H and O–H groups in total. The van der Waals surface area contributed by atoms with Crippen molar-refractivity contribution in [3.8, 4) is 11.1 Å². The van der Waals surface area contributed by atoms with Crippen LogP contribution in [0.2, 0.25) is 0 Å². The molecule has 2 heterocycles. The van der Waals surface area contributed by atoms with Crippen LogP contribution in [0.1, 0.15) is 0 Å². The Bertz CT molecular complexity index is 486. The van der Waals surface area contributed by atoms with Crippen LogP contribution in [0, 0.1) is 17.7 Å². The van der Waals surface area contributed by atoms with Crippen LogP contribution in [0.4, 0.5) is 13.2 Å². The Labute approximate surface area is 83.4 Å². The second-order valence-electron chi connectivity index (χ2n) is 2.84. The van der Waals surface area contributed by atoms with Crippen LogP contribution < -0.4 is 0 Å². The van der Waals surface area contributed by atoms with E-state index in [-0.39, 0.29) is 5.56 Å². The molecule has 0 spiro atoms. The summed E-state index contributed by atoms with van der Waals surface area (Å²) in [7, 11) is 0. The van der Waals surface area contributed by atoms with Crippen molar-refractivity contribution >= 4 is 0 Å². The molecule has 0 bridgehead atoms. The number of nitrogens with zero attached hydrogens (tertiary/aromatic N) is 2. The summed E-state index contributed by atoms with van der Waals surface area (Å²) in [6.07, 6.45) is 2.85. The van der Waals surface area contributed by atoms with E-state index in [4.69, 9.17) is 0 Å². The Balaban J connectivity index is 2.59. The second kappa shape index (κ2) is 3.68. The molecule has 2 nitrogen and oxygen atoms in total. The summed E-state index contributed by atoms with van der Waals surface area (Å²) < 4.78 is 38.5. The molecule has 0 aromatic carbocycles. The summed E-state index contributed by atoms with van der Waals surface area (Å²) >= 11 is 0. The van der Waals surface area contributed by atoms with Gasteiger partial charge in [-0.2, -0.15) is 13.8 Å². The SMILES string of the molecule is Fc1cc(-c2ccncc2)c(F)nc1F. The van der Waals surface area contributed by atoms with Gasteiger partial charge in [0.1, 0.15) is 0 Å². The lowest BCUT2D eigenvalue weighted by atomic mass is 10.1. The van der Waals surface area contributed by atoms with Crippen LogP contribution in [0.5, 0.6) is 0 Å². The van der Waals surface area contributed by atoms with Crippen molar-refractivity contribution in [1.29, 1.82) is 0 Å². The molecule has 15 heavy (non-hydrogen) atoms. The van der Waals surface area contributed by atoms with E-state index >= 15 is 0 Å². The van der Waals surface area contributed by atoms with Gasteiger partial charge in [0.15, 0.2) is 5.82 Å². The molecule has 2 aromatic heterocycles. The number of halogens is 3. The normalized spacial score (nSPS) is 10.3. The highest BCUT2D eigenvalue weighted by atomic mass is 19.2. The van der Waals surface area contributed by atoms with Crippen molar-refractivity contribution in [2.24, 2.45) is 0 Å². The van der Waals surface area contributed by atoms with Gasteiger partial charge in [0.05, 0.1) is 0 Å². The predicted molar refractivity (Wildman–Crippen MR) is 47.3 cm³/mol. The highest BCUT2D eigenvalue weighted by Crippen LogP contribution is 2.22. The Morgan fingerprint density at radius 1 is 0.933 bits per heavy atom. The molecule has 2 aromatic rings. The van der Waals surface area contributed by atoms with Crippen molar-refractivity contribution in [2.45, 2.75) is 0 Å².